The molecule has 0 bridgehead atoms. The largest absolute Gasteiger partial charge is 0.497 e. The molecule has 4 rings (SSSR count). The number of nitrogens with zero attached hydrogens (tertiary/aromatic N) is 5. The van der Waals surface area contributed by atoms with Crippen molar-refractivity contribution in [3.05, 3.63) is 68.6 Å². The van der Waals surface area contributed by atoms with Crippen LogP contribution in [0.1, 0.15) is 46.4 Å². The third kappa shape index (κ3) is 6.35. The van der Waals surface area contributed by atoms with Gasteiger partial charge in [-0.15, -0.1) is 11.3 Å². The molecule has 1 N–H and O–H groups in total. The number of likely N-dealkylation sites (N-methyl/N-ethyl adjacent to an activating group) is 1. The van der Waals surface area contributed by atoms with E-state index in [2.05, 4.69) is 10.1 Å². The van der Waals surface area contributed by atoms with Gasteiger partial charge in [-0.1, -0.05) is 11.6 Å². The molecule has 13 heteroatoms. The minimum atomic E-state index is -4.75. The summed E-state index contributed by atoms with van der Waals surface area (Å²) in [6.07, 6.45) is -3.61. The quantitative estimate of drug-likeness (QED) is 0.239. The molecular formula is C28H31ClF3N5O3S. The summed E-state index contributed by atoms with van der Waals surface area (Å²) in [7, 11) is 3.32. The molecule has 0 aliphatic carbocycles. The molecule has 1 atom stereocenters. The molecule has 0 aliphatic rings. The molecule has 0 spiro atoms. The lowest BCUT2D eigenvalue weighted by molar-refractivity contribution is -0.143. The molecule has 0 radical (unpaired) electrons. The van der Waals surface area contributed by atoms with Gasteiger partial charge < -0.3 is 14.7 Å². The van der Waals surface area contributed by atoms with Crippen LogP contribution in [0.25, 0.3) is 16.9 Å². The second-order valence-electron chi connectivity index (χ2n) is 9.87. The summed E-state index contributed by atoms with van der Waals surface area (Å²) in [5.74, 6) is 0.0557. The maximum Gasteiger partial charge on any atom is 0.433 e. The van der Waals surface area contributed by atoms with E-state index in [-0.39, 0.29) is 47.7 Å². The van der Waals surface area contributed by atoms with E-state index in [1.54, 1.807) is 35.2 Å². The van der Waals surface area contributed by atoms with E-state index in [1.807, 2.05) is 31.9 Å². The zero-order chi connectivity index (χ0) is 30.1. The van der Waals surface area contributed by atoms with Crippen LogP contribution >= 0.6 is 22.9 Å². The smallest absolute Gasteiger partial charge is 0.433 e. The third-order valence-corrected chi connectivity index (χ3v) is 8.28. The molecule has 41 heavy (non-hydrogen) atoms. The van der Waals surface area contributed by atoms with Crippen molar-refractivity contribution in [2.75, 3.05) is 33.9 Å². The predicted molar refractivity (Wildman–Crippen MR) is 153 cm³/mol. The molecule has 4 aromatic rings. The number of alkyl halides is 3. The van der Waals surface area contributed by atoms with E-state index < -0.39 is 17.8 Å². The molecular weight excluding hydrogens is 579 g/mol. The zero-order valence-corrected chi connectivity index (χ0v) is 24.8. The summed E-state index contributed by atoms with van der Waals surface area (Å²) in [5, 5.41) is 14.0. The average molecular weight is 610 g/mol. The average Bonchev–Trinajstić information content (AvgIpc) is 3.53. The fraction of sp³-hybridized carbons (Fsp3) is 0.393. The lowest BCUT2D eigenvalue weighted by atomic mass is 10.0. The summed E-state index contributed by atoms with van der Waals surface area (Å²) in [6.45, 7) is 5.49. The molecule has 220 valence electrons. The zero-order valence-electron chi connectivity index (χ0n) is 23.2. The van der Waals surface area contributed by atoms with Crippen LogP contribution < -0.4 is 4.74 Å². The van der Waals surface area contributed by atoms with Gasteiger partial charge >= 0.3 is 6.18 Å². The summed E-state index contributed by atoms with van der Waals surface area (Å²) < 4.78 is 49.4. The molecule has 3 heterocycles. The van der Waals surface area contributed by atoms with E-state index in [0.717, 1.165) is 11.1 Å². The van der Waals surface area contributed by atoms with Crippen LogP contribution in [0.4, 0.5) is 13.2 Å². The number of hydrogen-bond donors (Lipinski definition) is 1. The number of rotatable bonds is 10. The first-order valence-corrected chi connectivity index (χ1v) is 14.0. The van der Waals surface area contributed by atoms with Crippen molar-refractivity contribution in [2.24, 2.45) is 0 Å². The van der Waals surface area contributed by atoms with Gasteiger partial charge in [0, 0.05) is 35.1 Å². The Morgan fingerprint density at radius 2 is 1.85 bits per heavy atom. The Labute approximate surface area is 244 Å². The van der Waals surface area contributed by atoms with Crippen LogP contribution in [0.5, 0.6) is 5.75 Å². The van der Waals surface area contributed by atoms with E-state index in [0.29, 0.717) is 26.7 Å². The Morgan fingerprint density at radius 3 is 2.39 bits per heavy atom. The number of ether oxygens (including phenoxy) is 1. The molecule has 1 amide bonds. The summed E-state index contributed by atoms with van der Waals surface area (Å²) in [4.78, 5) is 22.7. The van der Waals surface area contributed by atoms with Crippen LogP contribution in [0, 0.1) is 6.92 Å². The van der Waals surface area contributed by atoms with Crippen molar-refractivity contribution in [3.63, 3.8) is 0 Å². The van der Waals surface area contributed by atoms with Crippen LogP contribution in [-0.2, 0) is 6.18 Å². The highest BCUT2D eigenvalue weighted by Crippen LogP contribution is 2.37. The van der Waals surface area contributed by atoms with Gasteiger partial charge in [0.2, 0.25) is 0 Å². The van der Waals surface area contributed by atoms with Crippen molar-refractivity contribution >= 4 is 34.5 Å². The van der Waals surface area contributed by atoms with Crippen molar-refractivity contribution in [2.45, 2.75) is 39.0 Å². The number of thiophene rings is 1. The highest BCUT2D eigenvalue weighted by atomic mass is 35.5. The van der Waals surface area contributed by atoms with Gasteiger partial charge in [-0.05, 0) is 64.2 Å². The normalized spacial score (nSPS) is 12.9. The molecule has 3 aromatic heterocycles. The fourth-order valence-electron chi connectivity index (χ4n) is 4.71. The van der Waals surface area contributed by atoms with Gasteiger partial charge in [0.25, 0.3) is 5.91 Å². The van der Waals surface area contributed by atoms with Crippen molar-refractivity contribution in [1.29, 1.82) is 0 Å². The molecule has 8 nitrogen and oxygen atoms in total. The number of halogens is 4. The van der Waals surface area contributed by atoms with E-state index >= 15 is 0 Å². The number of aliphatic hydroxyl groups excluding tert-OH is 1. The number of carbonyl (C=O) groups is 1. The monoisotopic (exact) mass is 609 g/mol. The molecule has 0 aliphatic heterocycles. The first-order valence-electron chi connectivity index (χ1n) is 12.8. The highest BCUT2D eigenvalue weighted by Gasteiger charge is 2.39. The first-order chi connectivity index (χ1) is 19.4. The van der Waals surface area contributed by atoms with Crippen LogP contribution in [0.2, 0.25) is 4.34 Å². The molecule has 0 fully saturated rings. The minimum absolute atomic E-state index is 0.0367. The third-order valence-electron chi connectivity index (χ3n) is 6.95. The van der Waals surface area contributed by atoms with Crippen LogP contribution in [0.15, 0.2) is 42.6 Å². The highest BCUT2D eigenvalue weighted by molar-refractivity contribution is 7.16. The van der Waals surface area contributed by atoms with Gasteiger partial charge in [-0.2, -0.15) is 18.3 Å². The molecule has 1 aromatic carbocycles. The number of methoxy groups -OCH3 is 1. The predicted octanol–water partition coefficient (Wildman–Crippen LogP) is 5.96. The minimum Gasteiger partial charge on any atom is -0.497 e. The van der Waals surface area contributed by atoms with Crippen molar-refractivity contribution in [1.82, 2.24) is 24.4 Å². The number of amides is 1. The number of hydrogen-bond acceptors (Lipinski definition) is 7. The fourth-order valence-corrected chi connectivity index (χ4v) is 5.93. The Balaban J connectivity index is 1.71. The lowest BCUT2D eigenvalue weighted by Gasteiger charge is -2.31. The van der Waals surface area contributed by atoms with Gasteiger partial charge in [0.15, 0.2) is 11.3 Å². The Bertz CT molecular complexity index is 1520. The topological polar surface area (TPSA) is 83.2 Å². The van der Waals surface area contributed by atoms with Gasteiger partial charge in [-0.3, -0.25) is 9.69 Å². The Kier molecular flexibility index (Phi) is 9.27. The molecule has 0 saturated heterocycles. The second-order valence-corrected chi connectivity index (χ2v) is 11.6. The summed E-state index contributed by atoms with van der Waals surface area (Å²) >= 11 is 7.44. The van der Waals surface area contributed by atoms with Crippen LogP contribution in [0.3, 0.4) is 0 Å². The van der Waals surface area contributed by atoms with Crippen molar-refractivity contribution in [3.8, 4) is 17.0 Å². The van der Waals surface area contributed by atoms with Gasteiger partial charge in [0.05, 0.1) is 36.0 Å². The van der Waals surface area contributed by atoms with Crippen molar-refractivity contribution < 1.29 is 27.8 Å². The van der Waals surface area contributed by atoms with E-state index in [4.69, 9.17) is 16.3 Å². The SMILES string of the molecule is COc1ccc(-c2nc3c(C(=O)N(CCN(C)[C@@H](CO)c4ccc(Cl)s4)C(C)C)cnn3c(C(F)(F)F)c2C)cc1. The van der Waals surface area contributed by atoms with E-state index in [1.165, 1.54) is 25.4 Å². The first kappa shape index (κ1) is 30.8. The summed E-state index contributed by atoms with van der Waals surface area (Å²) in [5.41, 5.74) is -0.781. The maximum atomic E-state index is 14.3. The van der Waals surface area contributed by atoms with Gasteiger partial charge in [0.1, 0.15) is 11.3 Å². The van der Waals surface area contributed by atoms with Crippen LogP contribution in [-0.4, -0.2) is 75.3 Å². The Morgan fingerprint density at radius 1 is 1.17 bits per heavy atom. The lowest BCUT2D eigenvalue weighted by Crippen LogP contribution is -2.42. The van der Waals surface area contributed by atoms with E-state index in [9.17, 15) is 23.1 Å². The van der Waals surface area contributed by atoms with Gasteiger partial charge in [-0.25, -0.2) is 9.50 Å². The number of carbonyl (C=O) groups excluding carboxylic acids is 1. The Hall–Kier alpha value is -3.19. The second kappa shape index (κ2) is 12.4. The maximum absolute atomic E-state index is 14.3. The standard InChI is InChI=1S/C28H31ClF3N5O3S/c1-16(2)36(13-12-35(4)21(15-38)22-10-11-23(29)41-22)27(39)20-14-33-37-25(28(30,31)32)17(3)24(34-26(20)37)18-6-8-19(40-5)9-7-18/h6-11,14,16,21,38H,12-13,15H2,1-5H3/t21-/m0/s1. The number of benzene rings is 1. The number of aromatic nitrogens is 3. The number of aliphatic hydroxyl groups is 1. The number of fused-ring (bicyclic) bond motifs is 1. The summed E-state index contributed by atoms with van der Waals surface area (Å²) in [6, 6.07) is 9.53. The molecule has 0 unspecified atom stereocenters. The molecule has 0 saturated carbocycles.